The van der Waals surface area contributed by atoms with E-state index in [1.807, 2.05) is 54.6 Å². The van der Waals surface area contributed by atoms with Crippen molar-refractivity contribution < 1.29 is 9.53 Å². The fourth-order valence-corrected chi connectivity index (χ4v) is 2.65. The van der Waals surface area contributed by atoms with Gasteiger partial charge >= 0.3 is 5.97 Å². The average Bonchev–Trinajstić information content (AvgIpc) is 2.65. The lowest BCUT2D eigenvalue weighted by atomic mass is 10.0. The number of benzene rings is 3. The van der Waals surface area contributed by atoms with Crippen LogP contribution in [0.25, 0.3) is 16.5 Å². The molecule has 0 atom stereocenters. The maximum Gasteiger partial charge on any atom is 0.332 e. The highest BCUT2D eigenvalue weighted by Crippen LogP contribution is 2.24. The van der Waals surface area contributed by atoms with E-state index in [0.29, 0.717) is 6.54 Å². The molecule has 3 nitrogen and oxygen atoms in total. The molecule has 3 rings (SSSR count). The van der Waals surface area contributed by atoms with E-state index in [2.05, 4.69) is 23.5 Å². The van der Waals surface area contributed by atoms with Crippen molar-refractivity contribution in [1.29, 1.82) is 0 Å². The Kier molecular flexibility index (Phi) is 4.92. The second-order valence-electron chi connectivity index (χ2n) is 5.45. The predicted molar refractivity (Wildman–Crippen MR) is 97.2 cm³/mol. The summed E-state index contributed by atoms with van der Waals surface area (Å²) in [5, 5.41) is 5.59. The molecular weight excluding hydrogens is 298 g/mol. The lowest BCUT2D eigenvalue weighted by Crippen LogP contribution is -2.14. The van der Waals surface area contributed by atoms with Crippen LogP contribution in [-0.4, -0.2) is 13.1 Å². The van der Waals surface area contributed by atoms with Crippen LogP contribution in [0.2, 0.25) is 0 Å². The highest BCUT2D eigenvalue weighted by molar-refractivity contribution is 5.98. The number of carbonyl (C=O) groups is 1. The summed E-state index contributed by atoms with van der Waals surface area (Å²) >= 11 is 0. The molecule has 24 heavy (non-hydrogen) atoms. The van der Waals surface area contributed by atoms with Crippen LogP contribution in [0.5, 0.6) is 0 Å². The topological polar surface area (TPSA) is 38.3 Å². The van der Waals surface area contributed by atoms with Gasteiger partial charge in [-0.3, -0.25) is 0 Å². The van der Waals surface area contributed by atoms with Crippen LogP contribution >= 0.6 is 0 Å². The summed E-state index contributed by atoms with van der Waals surface area (Å²) in [5.41, 5.74) is 2.88. The minimum Gasteiger partial charge on any atom is -0.466 e. The molecule has 0 saturated carbocycles. The Morgan fingerprint density at radius 1 is 0.958 bits per heavy atom. The van der Waals surface area contributed by atoms with E-state index in [1.165, 1.54) is 13.2 Å². The minimum absolute atomic E-state index is 0.376. The van der Waals surface area contributed by atoms with Gasteiger partial charge in [-0.15, -0.1) is 0 Å². The molecule has 0 amide bonds. The maximum absolute atomic E-state index is 11.8. The molecule has 0 unspecified atom stereocenters. The summed E-state index contributed by atoms with van der Waals surface area (Å²) in [6.45, 7) is 0.632. The number of esters is 1. The molecular formula is C21H19NO2. The van der Waals surface area contributed by atoms with Gasteiger partial charge in [-0.25, -0.2) is 4.79 Å². The zero-order valence-corrected chi connectivity index (χ0v) is 13.5. The molecule has 0 aliphatic carbocycles. The monoisotopic (exact) mass is 317 g/mol. The molecule has 120 valence electrons. The SMILES string of the molecule is COC(=O)/C=C(\NCc1ccccc1)c1cccc2ccccc12. The van der Waals surface area contributed by atoms with E-state index >= 15 is 0 Å². The molecule has 1 N–H and O–H groups in total. The summed E-state index contributed by atoms with van der Waals surface area (Å²) in [6, 6.07) is 24.3. The fraction of sp³-hybridized carbons (Fsp3) is 0.0952. The van der Waals surface area contributed by atoms with Gasteiger partial charge in [0, 0.05) is 23.9 Å². The smallest absolute Gasteiger partial charge is 0.332 e. The first kappa shape index (κ1) is 15.8. The van der Waals surface area contributed by atoms with Gasteiger partial charge in [0.1, 0.15) is 0 Å². The van der Waals surface area contributed by atoms with E-state index in [-0.39, 0.29) is 5.97 Å². The first-order valence-electron chi connectivity index (χ1n) is 7.83. The minimum atomic E-state index is -0.376. The third-order valence-corrected chi connectivity index (χ3v) is 3.87. The van der Waals surface area contributed by atoms with Crippen LogP contribution in [0.15, 0.2) is 78.9 Å². The molecule has 0 aliphatic heterocycles. The molecule has 0 aromatic heterocycles. The molecule has 0 bridgehead atoms. The molecule has 3 heteroatoms. The Morgan fingerprint density at radius 2 is 1.67 bits per heavy atom. The van der Waals surface area contributed by atoms with Crippen molar-refractivity contribution in [1.82, 2.24) is 5.32 Å². The Hall–Kier alpha value is -3.07. The Bertz CT molecular complexity index is 864. The maximum atomic E-state index is 11.8. The zero-order chi connectivity index (χ0) is 16.8. The van der Waals surface area contributed by atoms with Crippen molar-refractivity contribution in [3.05, 3.63) is 90.0 Å². The van der Waals surface area contributed by atoms with Gasteiger partial charge in [-0.05, 0) is 16.3 Å². The molecule has 0 saturated heterocycles. The van der Waals surface area contributed by atoms with Crippen molar-refractivity contribution in [2.75, 3.05) is 7.11 Å². The highest BCUT2D eigenvalue weighted by Gasteiger charge is 2.09. The van der Waals surface area contributed by atoms with E-state index in [1.54, 1.807) is 0 Å². The number of fused-ring (bicyclic) bond motifs is 1. The van der Waals surface area contributed by atoms with Gasteiger partial charge in [-0.2, -0.15) is 0 Å². The first-order valence-corrected chi connectivity index (χ1v) is 7.83. The van der Waals surface area contributed by atoms with Crippen LogP contribution < -0.4 is 5.32 Å². The molecule has 0 heterocycles. The average molecular weight is 317 g/mol. The van der Waals surface area contributed by atoms with Crippen LogP contribution in [-0.2, 0) is 16.1 Å². The lowest BCUT2D eigenvalue weighted by molar-refractivity contribution is -0.134. The van der Waals surface area contributed by atoms with E-state index < -0.39 is 0 Å². The Morgan fingerprint density at radius 3 is 2.46 bits per heavy atom. The Balaban J connectivity index is 1.98. The largest absolute Gasteiger partial charge is 0.466 e. The van der Waals surface area contributed by atoms with Crippen molar-refractivity contribution in [3.63, 3.8) is 0 Å². The summed E-state index contributed by atoms with van der Waals surface area (Å²) in [7, 11) is 1.39. The van der Waals surface area contributed by atoms with Gasteiger partial charge in [0.05, 0.1) is 7.11 Å². The number of hydrogen-bond donors (Lipinski definition) is 1. The number of nitrogens with one attached hydrogen (secondary N) is 1. The van der Waals surface area contributed by atoms with Gasteiger partial charge in [0.25, 0.3) is 0 Å². The number of rotatable bonds is 5. The van der Waals surface area contributed by atoms with Gasteiger partial charge in [0.15, 0.2) is 0 Å². The Labute approximate surface area is 141 Å². The molecule has 0 spiro atoms. The van der Waals surface area contributed by atoms with Gasteiger partial charge in [-0.1, -0.05) is 72.8 Å². The molecule has 0 aliphatic rings. The van der Waals surface area contributed by atoms with E-state index in [0.717, 1.165) is 27.6 Å². The van der Waals surface area contributed by atoms with Crippen LogP contribution in [0.4, 0.5) is 0 Å². The predicted octanol–water partition coefficient (Wildman–Crippen LogP) is 4.14. The van der Waals surface area contributed by atoms with Gasteiger partial charge in [0.2, 0.25) is 0 Å². The van der Waals surface area contributed by atoms with Crippen molar-refractivity contribution in [2.24, 2.45) is 0 Å². The number of methoxy groups -OCH3 is 1. The molecule has 3 aromatic carbocycles. The first-order chi connectivity index (χ1) is 11.8. The molecule has 3 aromatic rings. The van der Waals surface area contributed by atoms with Crippen molar-refractivity contribution in [3.8, 4) is 0 Å². The molecule has 0 fully saturated rings. The summed E-state index contributed by atoms with van der Waals surface area (Å²) in [5.74, 6) is -0.376. The van der Waals surface area contributed by atoms with E-state index in [4.69, 9.17) is 4.74 Å². The van der Waals surface area contributed by atoms with Crippen molar-refractivity contribution >= 4 is 22.4 Å². The molecule has 0 radical (unpaired) electrons. The summed E-state index contributed by atoms with van der Waals surface area (Å²) in [4.78, 5) is 11.8. The second-order valence-corrected chi connectivity index (χ2v) is 5.45. The highest BCUT2D eigenvalue weighted by atomic mass is 16.5. The summed E-state index contributed by atoms with van der Waals surface area (Å²) in [6.07, 6.45) is 1.50. The lowest BCUT2D eigenvalue weighted by Gasteiger charge is -2.14. The number of hydrogen-bond acceptors (Lipinski definition) is 3. The summed E-state index contributed by atoms with van der Waals surface area (Å²) < 4.78 is 4.81. The van der Waals surface area contributed by atoms with Crippen LogP contribution in [0, 0.1) is 0 Å². The second kappa shape index (κ2) is 7.47. The third-order valence-electron chi connectivity index (χ3n) is 3.87. The number of carbonyl (C=O) groups excluding carboxylic acids is 1. The van der Waals surface area contributed by atoms with E-state index in [9.17, 15) is 4.79 Å². The van der Waals surface area contributed by atoms with Crippen molar-refractivity contribution in [2.45, 2.75) is 6.54 Å². The standard InChI is InChI=1S/C21H19NO2/c1-24-21(23)14-20(22-15-16-8-3-2-4-9-16)19-13-7-11-17-10-5-6-12-18(17)19/h2-14,22H,15H2,1H3/b20-14-. The van der Waals surface area contributed by atoms with Crippen LogP contribution in [0.1, 0.15) is 11.1 Å². The quantitative estimate of drug-likeness (QED) is 0.567. The third kappa shape index (κ3) is 3.63. The van der Waals surface area contributed by atoms with Gasteiger partial charge < -0.3 is 10.1 Å². The normalized spacial score (nSPS) is 11.3. The zero-order valence-electron chi connectivity index (χ0n) is 13.5. The van der Waals surface area contributed by atoms with Crippen LogP contribution in [0.3, 0.4) is 0 Å². The fourth-order valence-electron chi connectivity index (χ4n) is 2.65. The number of ether oxygens (including phenoxy) is 1.